The van der Waals surface area contributed by atoms with Gasteiger partial charge in [-0.2, -0.15) is 0 Å². The second-order valence-corrected chi connectivity index (χ2v) is 5.96. The van der Waals surface area contributed by atoms with Crippen LogP contribution in [0.4, 0.5) is 0 Å². The van der Waals surface area contributed by atoms with Crippen molar-refractivity contribution < 1.29 is 9.90 Å². The minimum absolute atomic E-state index is 0.115. The number of halogens is 1. The number of hydrogen-bond acceptors (Lipinski definition) is 3. The highest BCUT2D eigenvalue weighted by molar-refractivity contribution is 14.1. The Hall–Kier alpha value is -0.820. The van der Waals surface area contributed by atoms with Crippen molar-refractivity contribution in [3.8, 4) is 5.75 Å². The first-order valence-electron chi connectivity index (χ1n) is 6.01. The molecule has 1 aliphatic heterocycles. The van der Waals surface area contributed by atoms with Gasteiger partial charge in [0.05, 0.1) is 3.57 Å². The highest BCUT2D eigenvalue weighted by Gasteiger charge is 2.20. The standard InChI is InChI=1S/C13H17IN2O2/c1-16-5-4-9(8-16)7-15-13(18)10-2-3-11(14)12(17)6-10/h2-3,6,9,17H,4-5,7-8H2,1H3,(H,15,18). The van der Waals surface area contributed by atoms with Crippen LogP contribution in [0.1, 0.15) is 16.8 Å². The number of phenols is 1. The molecule has 1 aliphatic rings. The highest BCUT2D eigenvalue weighted by Crippen LogP contribution is 2.20. The third-order valence-corrected chi connectivity index (χ3v) is 4.16. The molecule has 1 aromatic rings. The van der Waals surface area contributed by atoms with E-state index in [9.17, 15) is 9.90 Å². The lowest BCUT2D eigenvalue weighted by Crippen LogP contribution is -2.30. The number of rotatable bonds is 3. The van der Waals surface area contributed by atoms with Gasteiger partial charge in [0, 0.05) is 18.7 Å². The van der Waals surface area contributed by atoms with E-state index in [1.165, 1.54) is 6.07 Å². The summed E-state index contributed by atoms with van der Waals surface area (Å²) in [6, 6.07) is 4.99. The zero-order valence-corrected chi connectivity index (χ0v) is 12.5. The van der Waals surface area contributed by atoms with Crippen LogP contribution in [0.2, 0.25) is 0 Å². The van der Waals surface area contributed by atoms with Gasteiger partial charge in [-0.25, -0.2) is 0 Å². The van der Waals surface area contributed by atoms with Crippen LogP contribution in [0.15, 0.2) is 18.2 Å². The van der Waals surface area contributed by atoms with Crippen LogP contribution in [0.5, 0.6) is 5.75 Å². The molecule has 0 aromatic heterocycles. The first-order chi connectivity index (χ1) is 8.56. The van der Waals surface area contributed by atoms with Gasteiger partial charge in [-0.15, -0.1) is 0 Å². The summed E-state index contributed by atoms with van der Waals surface area (Å²) in [6.45, 7) is 2.85. The number of likely N-dealkylation sites (tertiary alicyclic amines) is 1. The fraction of sp³-hybridized carbons (Fsp3) is 0.462. The van der Waals surface area contributed by atoms with Crippen LogP contribution >= 0.6 is 22.6 Å². The molecule has 2 rings (SSSR count). The summed E-state index contributed by atoms with van der Waals surface area (Å²) >= 11 is 2.03. The molecule has 0 bridgehead atoms. The Morgan fingerprint density at radius 3 is 3.00 bits per heavy atom. The van der Waals surface area contributed by atoms with Crippen LogP contribution in [0, 0.1) is 9.49 Å². The number of hydrogen-bond donors (Lipinski definition) is 2. The predicted octanol–water partition coefficient (Wildman–Crippen LogP) is 1.68. The van der Waals surface area contributed by atoms with Gasteiger partial charge in [-0.3, -0.25) is 4.79 Å². The van der Waals surface area contributed by atoms with E-state index >= 15 is 0 Å². The molecule has 1 amide bonds. The SMILES string of the molecule is CN1CCC(CNC(=O)c2ccc(I)c(O)c2)C1. The number of amides is 1. The van der Waals surface area contributed by atoms with E-state index in [1.807, 2.05) is 22.6 Å². The monoisotopic (exact) mass is 360 g/mol. The van der Waals surface area contributed by atoms with Crippen LogP contribution in [-0.4, -0.2) is 42.6 Å². The Morgan fingerprint density at radius 1 is 1.61 bits per heavy atom. The average Bonchev–Trinajstić information content (AvgIpc) is 2.75. The minimum Gasteiger partial charge on any atom is -0.507 e. The van der Waals surface area contributed by atoms with Gasteiger partial charge in [0.25, 0.3) is 5.91 Å². The van der Waals surface area contributed by atoms with Crippen molar-refractivity contribution in [3.63, 3.8) is 0 Å². The largest absolute Gasteiger partial charge is 0.507 e. The summed E-state index contributed by atoms with van der Waals surface area (Å²) in [5, 5.41) is 12.5. The molecule has 4 nitrogen and oxygen atoms in total. The van der Waals surface area contributed by atoms with Crippen molar-refractivity contribution in [2.24, 2.45) is 5.92 Å². The summed E-state index contributed by atoms with van der Waals surface area (Å²) in [5.41, 5.74) is 0.513. The van der Waals surface area contributed by atoms with Gasteiger partial charge in [-0.05, 0) is 66.7 Å². The predicted molar refractivity (Wildman–Crippen MR) is 78.8 cm³/mol. The number of benzene rings is 1. The number of phenolic OH excluding ortho intramolecular Hbond substituents is 1. The lowest BCUT2D eigenvalue weighted by atomic mass is 10.1. The molecular formula is C13H17IN2O2. The average molecular weight is 360 g/mol. The number of nitrogens with one attached hydrogen (secondary N) is 1. The van der Waals surface area contributed by atoms with E-state index in [1.54, 1.807) is 12.1 Å². The van der Waals surface area contributed by atoms with Crippen molar-refractivity contribution in [3.05, 3.63) is 27.3 Å². The molecule has 1 unspecified atom stereocenters. The number of aromatic hydroxyl groups is 1. The molecular weight excluding hydrogens is 343 g/mol. The van der Waals surface area contributed by atoms with Crippen molar-refractivity contribution in [2.45, 2.75) is 6.42 Å². The summed E-state index contributed by atoms with van der Waals surface area (Å²) in [5.74, 6) is 0.580. The van der Waals surface area contributed by atoms with Crippen molar-refractivity contribution in [1.29, 1.82) is 0 Å². The number of carbonyl (C=O) groups is 1. The molecule has 0 saturated carbocycles. The molecule has 0 spiro atoms. The lowest BCUT2D eigenvalue weighted by molar-refractivity contribution is 0.0947. The first-order valence-corrected chi connectivity index (χ1v) is 7.09. The van der Waals surface area contributed by atoms with Gasteiger partial charge in [0.2, 0.25) is 0 Å². The zero-order valence-electron chi connectivity index (χ0n) is 10.3. The second-order valence-electron chi connectivity index (χ2n) is 4.79. The number of nitrogens with zero attached hydrogens (tertiary/aromatic N) is 1. The van der Waals surface area contributed by atoms with Gasteiger partial charge < -0.3 is 15.3 Å². The topological polar surface area (TPSA) is 52.6 Å². The van der Waals surface area contributed by atoms with E-state index in [2.05, 4.69) is 17.3 Å². The summed E-state index contributed by atoms with van der Waals surface area (Å²) < 4.78 is 0.751. The molecule has 1 fully saturated rings. The first kappa shape index (κ1) is 13.6. The van der Waals surface area contributed by atoms with Crippen LogP contribution in [0.3, 0.4) is 0 Å². The van der Waals surface area contributed by atoms with Crippen LogP contribution < -0.4 is 5.32 Å². The highest BCUT2D eigenvalue weighted by atomic mass is 127. The quantitative estimate of drug-likeness (QED) is 0.807. The maximum atomic E-state index is 11.9. The Morgan fingerprint density at radius 2 is 2.39 bits per heavy atom. The lowest BCUT2D eigenvalue weighted by Gasteiger charge is -2.12. The molecule has 2 N–H and O–H groups in total. The Labute approximate surface area is 121 Å². The zero-order chi connectivity index (χ0) is 13.1. The molecule has 0 aliphatic carbocycles. The molecule has 1 aromatic carbocycles. The summed E-state index contributed by atoms with van der Waals surface area (Å²) in [7, 11) is 2.10. The smallest absolute Gasteiger partial charge is 0.251 e. The molecule has 0 radical (unpaired) electrons. The van der Waals surface area contributed by atoms with Gasteiger partial charge in [0.1, 0.15) is 5.75 Å². The van der Waals surface area contributed by atoms with Gasteiger partial charge in [-0.1, -0.05) is 0 Å². The second kappa shape index (κ2) is 5.88. The molecule has 5 heteroatoms. The minimum atomic E-state index is -0.115. The van der Waals surface area contributed by atoms with Crippen molar-refractivity contribution in [2.75, 3.05) is 26.7 Å². The maximum absolute atomic E-state index is 11.9. The number of carbonyl (C=O) groups excluding carboxylic acids is 1. The van der Waals surface area contributed by atoms with E-state index in [4.69, 9.17) is 0 Å². The van der Waals surface area contributed by atoms with Gasteiger partial charge in [0.15, 0.2) is 0 Å². The van der Waals surface area contributed by atoms with Crippen molar-refractivity contribution >= 4 is 28.5 Å². The van der Waals surface area contributed by atoms with E-state index < -0.39 is 0 Å². The summed E-state index contributed by atoms with van der Waals surface area (Å²) in [4.78, 5) is 14.2. The van der Waals surface area contributed by atoms with Crippen LogP contribution in [0.25, 0.3) is 0 Å². The third kappa shape index (κ3) is 3.35. The van der Waals surface area contributed by atoms with Gasteiger partial charge >= 0.3 is 0 Å². The van der Waals surface area contributed by atoms with E-state index in [0.717, 1.165) is 23.1 Å². The molecule has 1 heterocycles. The Balaban J connectivity index is 1.89. The van der Waals surface area contributed by atoms with E-state index in [0.29, 0.717) is 18.0 Å². The summed E-state index contributed by atoms with van der Waals surface area (Å²) in [6.07, 6.45) is 1.13. The molecule has 1 atom stereocenters. The maximum Gasteiger partial charge on any atom is 0.251 e. The fourth-order valence-electron chi connectivity index (χ4n) is 2.19. The third-order valence-electron chi connectivity index (χ3n) is 3.25. The Kier molecular flexibility index (Phi) is 4.45. The van der Waals surface area contributed by atoms with Crippen LogP contribution in [-0.2, 0) is 0 Å². The van der Waals surface area contributed by atoms with E-state index in [-0.39, 0.29) is 11.7 Å². The molecule has 18 heavy (non-hydrogen) atoms. The Bertz CT molecular complexity index is 451. The van der Waals surface area contributed by atoms with Crippen molar-refractivity contribution in [1.82, 2.24) is 10.2 Å². The molecule has 1 saturated heterocycles. The normalized spacial score (nSPS) is 20.0. The fourth-order valence-corrected chi connectivity index (χ4v) is 2.52. The molecule has 98 valence electrons.